The van der Waals surface area contributed by atoms with Crippen LogP contribution in [-0.2, 0) is 35.1 Å². The molecule has 0 bridgehead atoms. The monoisotopic (exact) mass is 575 g/mol. The molecule has 210 valence electrons. The van der Waals surface area contributed by atoms with Crippen LogP contribution in [0.2, 0.25) is 0 Å². The number of nitrogens with zero attached hydrogens (tertiary/aromatic N) is 1. The molecule has 2 heterocycles. The number of sulfonamides is 2. The smallest absolute Gasteiger partial charge is 0.241 e. The van der Waals surface area contributed by atoms with Crippen LogP contribution in [0.4, 0.5) is 5.69 Å². The zero-order chi connectivity index (χ0) is 28.1. The number of rotatable bonds is 7. The lowest BCUT2D eigenvalue weighted by Crippen LogP contribution is -2.57. The van der Waals surface area contributed by atoms with Crippen molar-refractivity contribution in [3.8, 4) is 0 Å². The van der Waals surface area contributed by atoms with E-state index in [-0.39, 0.29) is 33.8 Å². The van der Waals surface area contributed by atoms with Crippen molar-refractivity contribution in [2.24, 2.45) is 10.9 Å². The third kappa shape index (κ3) is 5.04. The SMILES string of the molecule is NC(=O)C1(c2ccccc2)CCN(c2ccc(S(=O)(=O)N[C@@]34CCCC[C@@H]3NC(=O)C4)cc2S(N)(=O)=O)CC1. The number of carbonyl (C=O) groups excluding carboxylic acids is 2. The van der Waals surface area contributed by atoms with Crippen LogP contribution in [-0.4, -0.2) is 53.3 Å². The highest BCUT2D eigenvalue weighted by atomic mass is 32.2. The van der Waals surface area contributed by atoms with E-state index < -0.39 is 36.9 Å². The number of benzene rings is 2. The van der Waals surface area contributed by atoms with Crippen LogP contribution in [0.3, 0.4) is 0 Å². The number of fused-ring (bicyclic) bond motifs is 1. The van der Waals surface area contributed by atoms with E-state index in [1.54, 1.807) is 4.90 Å². The summed E-state index contributed by atoms with van der Waals surface area (Å²) in [4.78, 5) is 25.9. The van der Waals surface area contributed by atoms with Gasteiger partial charge < -0.3 is 16.0 Å². The Balaban J connectivity index is 1.44. The van der Waals surface area contributed by atoms with E-state index in [0.717, 1.165) is 24.5 Å². The number of nitrogens with two attached hydrogens (primary N) is 2. The summed E-state index contributed by atoms with van der Waals surface area (Å²) < 4.78 is 55.0. The van der Waals surface area contributed by atoms with Crippen molar-refractivity contribution in [3.05, 3.63) is 54.1 Å². The van der Waals surface area contributed by atoms with Crippen LogP contribution in [0.25, 0.3) is 0 Å². The molecule has 2 aromatic carbocycles. The van der Waals surface area contributed by atoms with Crippen LogP contribution < -0.4 is 25.8 Å². The van der Waals surface area contributed by atoms with Gasteiger partial charge >= 0.3 is 0 Å². The molecule has 0 spiro atoms. The zero-order valence-corrected chi connectivity index (χ0v) is 23.1. The molecule has 13 heteroatoms. The molecule has 2 amide bonds. The van der Waals surface area contributed by atoms with E-state index in [0.29, 0.717) is 38.8 Å². The molecule has 1 saturated carbocycles. The van der Waals surface area contributed by atoms with Gasteiger partial charge in [-0.3, -0.25) is 9.59 Å². The maximum absolute atomic E-state index is 13.5. The van der Waals surface area contributed by atoms with Crippen molar-refractivity contribution in [3.63, 3.8) is 0 Å². The fourth-order valence-corrected chi connectivity index (χ4v) is 8.74. The molecule has 39 heavy (non-hydrogen) atoms. The van der Waals surface area contributed by atoms with Gasteiger partial charge in [-0.2, -0.15) is 0 Å². The summed E-state index contributed by atoms with van der Waals surface area (Å²) in [5, 5.41) is 8.42. The van der Waals surface area contributed by atoms with Crippen molar-refractivity contribution in [2.45, 2.75) is 71.7 Å². The second kappa shape index (κ2) is 9.88. The molecule has 3 fully saturated rings. The second-order valence-electron chi connectivity index (χ2n) is 10.8. The molecule has 6 N–H and O–H groups in total. The molecule has 2 aromatic rings. The summed E-state index contributed by atoms with van der Waals surface area (Å²) in [6.45, 7) is 0.618. The second-order valence-corrected chi connectivity index (χ2v) is 14.0. The van der Waals surface area contributed by atoms with Crippen molar-refractivity contribution in [1.29, 1.82) is 0 Å². The summed E-state index contributed by atoms with van der Waals surface area (Å²) in [5.41, 5.74) is 5.05. The number of primary sulfonamides is 1. The highest BCUT2D eigenvalue weighted by Gasteiger charge is 2.50. The van der Waals surface area contributed by atoms with Crippen molar-refractivity contribution < 1.29 is 26.4 Å². The highest BCUT2D eigenvalue weighted by molar-refractivity contribution is 7.90. The average molecular weight is 576 g/mol. The third-order valence-electron chi connectivity index (χ3n) is 8.49. The van der Waals surface area contributed by atoms with Gasteiger partial charge in [-0.05, 0) is 49.4 Å². The van der Waals surface area contributed by atoms with Gasteiger partial charge in [0, 0.05) is 25.6 Å². The van der Waals surface area contributed by atoms with Gasteiger partial charge in [0.2, 0.25) is 31.9 Å². The Morgan fingerprint density at radius 2 is 1.69 bits per heavy atom. The van der Waals surface area contributed by atoms with Gasteiger partial charge in [0.15, 0.2) is 0 Å². The van der Waals surface area contributed by atoms with E-state index in [1.807, 2.05) is 30.3 Å². The predicted octanol–water partition coefficient (Wildman–Crippen LogP) is 0.837. The standard InChI is InChI=1S/C26H33N5O6S2/c27-24(33)25(18-6-2-1-3-7-18)12-14-31(15-13-25)20-10-9-19(16-21(20)38(28,34)35)39(36,37)30-26-11-5-4-8-22(26)29-23(32)17-26/h1-3,6-7,9-10,16,22,30H,4-5,8,11-15,17H2,(H2,27,33)(H,29,32)(H2,28,34,35)/t22-,26+/m0/s1. The quantitative estimate of drug-likeness (QED) is 0.377. The number of primary amides is 1. The molecule has 0 aromatic heterocycles. The Kier molecular flexibility index (Phi) is 6.98. The van der Waals surface area contributed by atoms with Gasteiger partial charge in [0.1, 0.15) is 4.90 Å². The van der Waals surface area contributed by atoms with E-state index >= 15 is 0 Å². The molecule has 2 saturated heterocycles. The van der Waals surface area contributed by atoms with Crippen LogP contribution in [0.15, 0.2) is 58.3 Å². The minimum Gasteiger partial charge on any atom is -0.370 e. The molecule has 0 unspecified atom stereocenters. The zero-order valence-electron chi connectivity index (χ0n) is 21.4. The number of hydrogen-bond acceptors (Lipinski definition) is 7. The van der Waals surface area contributed by atoms with E-state index in [1.165, 1.54) is 12.1 Å². The van der Waals surface area contributed by atoms with Crippen molar-refractivity contribution in [2.75, 3.05) is 18.0 Å². The molecular formula is C26H33N5O6S2. The van der Waals surface area contributed by atoms with Crippen molar-refractivity contribution in [1.82, 2.24) is 10.0 Å². The molecule has 11 nitrogen and oxygen atoms in total. The number of carbonyl (C=O) groups is 2. The summed E-state index contributed by atoms with van der Waals surface area (Å²) in [7, 11) is -8.50. The Morgan fingerprint density at radius 1 is 1.00 bits per heavy atom. The number of nitrogens with one attached hydrogen (secondary N) is 2. The number of amides is 2. The maximum Gasteiger partial charge on any atom is 0.241 e. The third-order valence-corrected chi connectivity index (χ3v) is 11.0. The van der Waals surface area contributed by atoms with Crippen LogP contribution in [0.1, 0.15) is 50.5 Å². The highest BCUT2D eigenvalue weighted by Crippen LogP contribution is 2.40. The largest absolute Gasteiger partial charge is 0.370 e. The van der Waals surface area contributed by atoms with Crippen LogP contribution in [0, 0.1) is 0 Å². The van der Waals surface area contributed by atoms with E-state index in [2.05, 4.69) is 10.0 Å². The van der Waals surface area contributed by atoms with Crippen LogP contribution in [0.5, 0.6) is 0 Å². The first-order valence-electron chi connectivity index (χ1n) is 13.0. The van der Waals surface area contributed by atoms with Gasteiger partial charge in [-0.1, -0.05) is 43.2 Å². The van der Waals surface area contributed by atoms with Crippen LogP contribution >= 0.6 is 0 Å². The lowest BCUT2D eigenvalue weighted by molar-refractivity contribution is -0.124. The number of anilines is 1. The molecule has 3 aliphatic rings. The molecule has 0 radical (unpaired) electrons. The topological polar surface area (TPSA) is 182 Å². The van der Waals surface area contributed by atoms with E-state index in [4.69, 9.17) is 10.9 Å². The number of piperidine rings is 1. The van der Waals surface area contributed by atoms with Gasteiger partial charge in [0.25, 0.3) is 0 Å². The van der Waals surface area contributed by atoms with E-state index in [9.17, 15) is 26.4 Å². The fraction of sp³-hybridized carbons (Fsp3) is 0.462. The first-order chi connectivity index (χ1) is 18.4. The first kappa shape index (κ1) is 27.6. The molecule has 2 atom stereocenters. The summed E-state index contributed by atoms with van der Waals surface area (Å²) in [6, 6.07) is 12.8. The maximum atomic E-state index is 13.5. The van der Waals surface area contributed by atoms with Crippen molar-refractivity contribution >= 4 is 37.5 Å². The molecular weight excluding hydrogens is 542 g/mol. The lowest BCUT2D eigenvalue weighted by atomic mass is 9.72. The molecule has 2 aliphatic heterocycles. The Labute approximate surface area is 228 Å². The fourth-order valence-electron chi connectivity index (χ4n) is 6.39. The lowest BCUT2D eigenvalue weighted by Gasteiger charge is -2.41. The molecule has 5 rings (SSSR count). The van der Waals surface area contributed by atoms with Gasteiger partial charge in [-0.25, -0.2) is 26.7 Å². The summed E-state index contributed by atoms with van der Waals surface area (Å²) >= 11 is 0. The van der Waals surface area contributed by atoms with Gasteiger partial charge in [0.05, 0.1) is 21.5 Å². The number of hydrogen-bond donors (Lipinski definition) is 4. The first-order valence-corrected chi connectivity index (χ1v) is 16.0. The summed E-state index contributed by atoms with van der Waals surface area (Å²) in [6.07, 6.45) is 3.57. The predicted molar refractivity (Wildman–Crippen MR) is 145 cm³/mol. The van der Waals surface area contributed by atoms with Gasteiger partial charge in [-0.15, -0.1) is 0 Å². The average Bonchev–Trinajstić information content (AvgIpc) is 3.23. The minimum absolute atomic E-state index is 0.0355. The Morgan fingerprint density at radius 3 is 2.33 bits per heavy atom. The molecule has 1 aliphatic carbocycles. The Bertz CT molecular complexity index is 1500. The minimum atomic E-state index is -4.32. The normalized spacial score (nSPS) is 25.1. The summed E-state index contributed by atoms with van der Waals surface area (Å²) in [5.74, 6) is -0.661. The Hall–Kier alpha value is -3.00.